The van der Waals surface area contributed by atoms with Crippen LogP contribution in [-0.2, 0) is 14.2 Å². The monoisotopic (exact) mass is 849 g/mol. The van der Waals surface area contributed by atoms with Crippen molar-refractivity contribution < 1.29 is 24.3 Å². The molecule has 0 unspecified atom stereocenters. The Labute approximate surface area is 374 Å². The summed E-state index contributed by atoms with van der Waals surface area (Å²) >= 11 is 0. The first kappa shape index (κ1) is 63.3. The standard InChI is InChI=1S/C43H94B2N6O3.2CH3BO/c1-44(53)50-38-30-28-35-47-40-42(41-48-36-29-31-39-51-45(2)54)32-24-21-23-27-37-49-43(52)33-25-20-18-16-14-12-10-8-6-4-3-5-7-9-11-13-15-17-19-22-26-34-46;2*1-2-3/h42,47-48,50-51,53-54H,3-41,46H2,1-2H3,(H,49,52);2*1H3. The van der Waals surface area contributed by atoms with Gasteiger partial charge in [0.25, 0.3) is 0 Å². The minimum absolute atomic E-state index is 0.236. The molecule has 0 radical (unpaired) electrons. The van der Waals surface area contributed by atoms with Crippen molar-refractivity contribution in [2.75, 3.05) is 52.4 Å². The molecule has 0 aliphatic heterocycles. The molecule has 15 heteroatoms. The molecule has 0 aromatic carbocycles. The number of amides is 1. The molecule has 0 aliphatic carbocycles. The molecule has 9 N–H and O–H groups in total. The minimum atomic E-state index is -0.431. The van der Waals surface area contributed by atoms with Crippen molar-refractivity contribution in [3.8, 4) is 0 Å². The molecule has 0 rings (SSSR count). The topological polar surface area (TPSA) is 178 Å². The van der Waals surface area contributed by atoms with Crippen molar-refractivity contribution in [2.45, 2.75) is 226 Å². The van der Waals surface area contributed by atoms with Crippen LogP contribution in [-0.4, -0.2) is 96.7 Å². The Morgan fingerprint density at radius 3 is 1.15 bits per heavy atom. The molecular formula is C45H100B4N6O5. The molecule has 0 atom stereocenters. The van der Waals surface area contributed by atoms with Gasteiger partial charge >= 0.3 is 51.5 Å². The van der Waals surface area contributed by atoms with E-state index in [1.165, 1.54) is 168 Å². The van der Waals surface area contributed by atoms with Gasteiger partial charge in [0, 0.05) is 13.0 Å². The van der Waals surface area contributed by atoms with Crippen molar-refractivity contribution in [2.24, 2.45) is 11.7 Å². The van der Waals surface area contributed by atoms with E-state index in [9.17, 15) is 14.8 Å². The average molecular weight is 849 g/mol. The van der Waals surface area contributed by atoms with Crippen LogP contribution >= 0.6 is 0 Å². The normalized spacial score (nSPS) is 10.7. The van der Waals surface area contributed by atoms with Gasteiger partial charge in [-0.05, 0) is 117 Å². The van der Waals surface area contributed by atoms with E-state index >= 15 is 0 Å². The second-order valence-corrected chi connectivity index (χ2v) is 16.9. The zero-order valence-electron chi connectivity index (χ0n) is 40.2. The second kappa shape index (κ2) is 58.0. The van der Waals surface area contributed by atoms with Crippen molar-refractivity contribution in [1.29, 1.82) is 0 Å². The molecule has 60 heavy (non-hydrogen) atoms. The summed E-state index contributed by atoms with van der Waals surface area (Å²) in [4.78, 5) is 12.3. The van der Waals surface area contributed by atoms with E-state index in [2.05, 4.69) is 26.4 Å². The molecule has 0 heterocycles. The van der Waals surface area contributed by atoms with E-state index in [4.69, 9.17) is 15.1 Å². The van der Waals surface area contributed by atoms with Gasteiger partial charge in [-0.25, -0.2) is 0 Å². The maximum atomic E-state index is 12.3. The zero-order valence-corrected chi connectivity index (χ0v) is 40.2. The molecule has 0 aromatic heterocycles. The molecule has 11 nitrogen and oxygen atoms in total. The van der Waals surface area contributed by atoms with Crippen molar-refractivity contribution in [1.82, 2.24) is 26.4 Å². The van der Waals surface area contributed by atoms with Gasteiger partial charge in [-0.1, -0.05) is 141 Å². The van der Waals surface area contributed by atoms with E-state index in [0.717, 1.165) is 105 Å². The molecule has 0 aliphatic rings. The molecule has 0 saturated heterocycles. The SMILES string of the molecule is CB(O)NCCCCNCC(CCCCCCNC(=O)CCCCCCCCCCCCCCCCCCCCCCCN)CNCCCCNB(C)O.CB=O.CB=O. The first-order valence-corrected chi connectivity index (χ1v) is 25.3. The van der Waals surface area contributed by atoms with Gasteiger partial charge in [-0.15, -0.1) is 0 Å². The van der Waals surface area contributed by atoms with E-state index in [1.807, 2.05) is 0 Å². The van der Waals surface area contributed by atoms with Crippen LogP contribution in [0.2, 0.25) is 27.3 Å². The van der Waals surface area contributed by atoms with Gasteiger partial charge in [-0.3, -0.25) is 4.79 Å². The molecule has 1 amide bonds. The molecule has 0 spiro atoms. The van der Waals surface area contributed by atoms with Crippen LogP contribution in [0.3, 0.4) is 0 Å². The van der Waals surface area contributed by atoms with Gasteiger partial charge in [0.1, 0.15) is 0 Å². The number of hydrogen-bond acceptors (Lipinski definition) is 10. The van der Waals surface area contributed by atoms with Crippen molar-refractivity contribution in [3.63, 3.8) is 0 Å². The third-order valence-electron chi connectivity index (χ3n) is 10.8. The first-order chi connectivity index (χ1) is 29.3. The van der Waals surface area contributed by atoms with Crippen LogP contribution in [0.4, 0.5) is 0 Å². The van der Waals surface area contributed by atoms with Crippen molar-refractivity contribution >= 4 is 34.3 Å². The summed E-state index contributed by atoms with van der Waals surface area (Å²) in [6, 6.07) is 0. The number of carbonyl (C=O) groups excluding carboxylic acids is 1. The van der Waals surface area contributed by atoms with Gasteiger partial charge in [0.2, 0.25) is 5.91 Å². The van der Waals surface area contributed by atoms with Gasteiger partial charge < -0.3 is 42.2 Å². The van der Waals surface area contributed by atoms with Crippen LogP contribution in [0.25, 0.3) is 0 Å². The molecule has 0 fully saturated rings. The summed E-state index contributed by atoms with van der Waals surface area (Å²) in [5.41, 5.74) is 5.56. The summed E-state index contributed by atoms with van der Waals surface area (Å²) in [6.07, 6.45) is 39.5. The summed E-state index contributed by atoms with van der Waals surface area (Å²) in [5, 5.41) is 35.3. The van der Waals surface area contributed by atoms with E-state index in [0.29, 0.717) is 12.3 Å². The predicted octanol–water partition coefficient (Wildman–Crippen LogP) is 8.52. The van der Waals surface area contributed by atoms with Crippen LogP contribution < -0.4 is 32.1 Å². The van der Waals surface area contributed by atoms with E-state index in [1.54, 1.807) is 13.6 Å². The third kappa shape index (κ3) is 63.7. The number of unbranched alkanes of at least 4 members (excludes halogenated alkanes) is 25. The Morgan fingerprint density at radius 2 is 0.783 bits per heavy atom. The zero-order chi connectivity index (χ0) is 44.8. The number of carbonyl (C=O) groups is 1. The van der Waals surface area contributed by atoms with E-state index < -0.39 is 14.1 Å². The quantitative estimate of drug-likeness (QED) is 0.0219. The number of rotatable bonds is 46. The Bertz CT molecular complexity index is 815. The van der Waals surface area contributed by atoms with Gasteiger partial charge in [0.05, 0.1) is 0 Å². The summed E-state index contributed by atoms with van der Waals surface area (Å²) < 4.78 is 17.6. The van der Waals surface area contributed by atoms with Gasteiger partial charge in [-0.2, -0.15) is 0 Å². The number of hydrogen-bond donors (Lipinski definition) is 8. The predicted molar refractivity (Wildman–Crippen MR) is 263 cm³/mol. The fourth-order valence-electron chi connectivity index (χ4n) is 7.28. The van der Waals surface area contributed by atoms with E-state index in [-0.39, 0.29) is 5.91 Å². The van der Waals surface area contributed by atoms with Crippen LogP contribution in [0, 0.1) is 5.92 Å². The Kier molecular flexibility index (Phi) is 61.3. The molecule has 0 aromatic rings. The van der Waals surface area contributed by atoms with Crippen LogP contribution in [0.15, 0.2) is 0 Å². The molecule has 352 valence electrons. The van der Waals surface area contributed by atoms with Crippen molar-refractivity contribution in [3.05, 3.63) is 0 Å². The summed E-state index contributed by atoms with van der Waals surface area (Å²) in [6.45, 7) is 13.9. The maximum absolute atomic E-state index is 12.3. The Morgan fingerprint density at radius 1 is 0.483 bits per heavy atom. The second-order valence-electron chi connectivity index (χ2n) is 16.9. The van der Waals surface area contributed by atoms with Gasteiger partial charge in [0.15, 0.2) is 0 Å². The molecular weight excluding hydrogens is 748 g/mol. The Balaban J connectivity index is -0.00000507. The average Bonchev–Trinajstić information content (AvgIpc) is 3.21. The summed E-state index contributed by atoms with van der Waals surface area (Å²) in [7, 11) is 0.637. The first-order valence-electron chi connectivity index (χ1n) is 25.3. The third-order valence-corrected chi connectivity index (χ3v) is 10.8. The van der Waals surface area contributed by atoms with Crippen LogP contribution in [0.1, 0.15) is 199 Å². The van der Waals surface area contributed by atoms with Crippen LogP contribution in [0.5, 0.6) is 0 Å². The number of nitrogens with two attached hydrogens (primary N) is 1. The number of nitrogens with one attached hydrogen (secondary N) is 5. The fourth-order valence-corrected chi connectivity index (χ4v) is 7.28. The Hall–Kier alpha value is -0.950. The molecule has 0 saturated carbocycles. The summed E-state index contributed by atoms with van der Waals surface area (Å²) in [5.74, 6) is 0.855. The fraction of sp³-hybridized carbons (Fsp3) is 0.978. The molecule has 0 bridgehead atoms.